The van der Waals surface area contributed by atoms with E-state index in [4.69, 9.17) is 23.2 Å². The Bertz CT molecular complexity index is 732. The average molecular weight is 277 g/mol. The second-order valence-electron chi connectivity index (χ2n) is 4.20. The van der Waals surface area contributed by atoms with E-state index >= 15 is 0 Å². The molecule has 0 radical (unpaired) electrons. The zero-order chi connectivity index (χ0) is 12.7. The number of hydrogen-bond donors (Lipinski definition) is 0. The van der Waals surface area contributed by atoms with E-state index in [1.54, 1.807) is 6.07 Å². The van der Waals surface area contributed by atoms with E-state index in [1.807, 2.05) is 48.0 Å². The molecule has 0 atom stereocenters. The number of aryl methyl sites for hydroxylation is 1. The highest BCUT2D eigenvalue weighted by Crippen LogP contribution is 2.32. The fourth-order valence-corrected chi connectivity index (χ4v) is 2.33. The highest BCUT2D eigenvalue weighted by molar-refractivity contribution is 6.43. The molecule has 0 aliphatic carbocycles. The van der Waals surface area contributed by atoms with Crippen LogP contribution in [0.4, 0.5) is 0 Å². The molecule has 0 saturated carbocycles. The summed E-state index contributed by atoms with van der Waals surface area (Å²) < 4.78 is 1.99. The second-order valence-corrected chi connectivity index (χ2v) is 4.98. The van der Waals surface area contributed by atoms with Crippen LogP contribution in [-0.2, 0) is 0 Å². The highest BCUT2D eigenvalue weighted by Gasteiger charge is 2.10. The van der Waals surface area contributed by atoms with Crippen LogP contribution in [0.5, 0.6) is 0 Å². The summed E-state index contributed by atoms with van der Waals surface area (Å²) in [4.78, 5) is 4.55. The molecule has 2 heterocycles. The van der Waals surface area contributed by atoms with Gasteiger partial charge in [-0.05, 0) is 24.6 Å². The number of halogens is 2. The summed E-state index contributed by atoms with van der Waals surface area (Å²) in [5.41, 5.74) is 3.76. The van der Waals surface area contributed by atoms with Crippen molar-refractivity contribution in [1.29, 1.82) is 0 Å². The first kappa shape index (κ1) is 11.6. The first-order chi connectivity index (χ1) is 8.65. The summed E-state index contributed by atoms with van der Waals surface area (Å²) in [6, 6.07) is 9.58. The molecular formula is C14H10Cl2N2. The standard InChI is InChI=1S/C14H10Cl2N2/c1-9-5-6-13-17-12(8-18(13)7-9)10-3-2-4-11(15)14(10)16/h2-8H,1H3. The SMILES string of the molecule is Cc1ccc2nc(-c3cccc(Cl)c3Cl)cn2c1. The van der Waals surface area contributed by atoms with Crippen molar-refractivity contribution in [3.63, 3.8) is 0 Å². The van der Waals surface area contributed by atoms with Crippen molar-refractivity contribution in [1.82, 2.24) is 9.38 Å². The van der Waals surface area contributed by atoms with Crippen molar-refractivity contribution in [3.8, 4) is 11.3 Å². The van der Waals surface area contributed by atoms with E-state index in [1.165, 1.54) is 5.56 Å². The van der Waals surface area contributed by atoms with Gasteiger partial charge in [0.15, 0.2) is 0 Å². The lowest BCUT2D eigenvalue weighted by molar-refractivity contribution is 1.16. The average Bonchev–Trinajstić information content (AvgIpc) is 2.75. The normalized spacial score (nSPS) is 11.1. The van der Waals surface area contributed by atoms with Crippen LogP contribution in [0.3, 0.4) is 0 Å². The molecule has 3 aromatic rings. The summed E-state index contributed by atoms with van der Waals surface area (Å²) in [6.45, 7) is 2.05. The van der Waals surface area contributed by atoms with Crippen molar-refractivity contribution in [2.24, 2.45) is 0 Å². The number of aromatic nitrogens is 2. The van der Waals surface area contributed by atoms with Crippen molar-refractivity contribution in [2.75, 3.05) is 0 Å². The van der Waals surface area contributed by atoms with Gasteiger partial charge in [0.05, 0.1) is 15.7 Å². The minimum Gasteiger partial charge on any atom is -0.306 e. The van der Waals surface area contributed by atoms with Gasteiger partial charge in [-0.3, -0.25) is 0 Å². The molecule has 0 N–H and O–H groups in total. The summed E-state index contributed by atoms with van der Waals surface area (Å²) in [7, 11) is 0. The predicted molar refractivity (Wildman–Crippen MR) is 75.4 cm³/mol. The van der Waals surface area contributed by atoms with E-state index < -0.39 is 0 Å². The second kappa shape index (κ2) is 4.30. The first-order valence-corrected chi connectivity index (χ1v) is 6.30. The molecule has 0 saturated heterocycles. The van der Waals surface area contributed by atoms with E-state index in [0.29, 0.717) is 10.0 Å². The minimum atomic E-state index is 0.541. The Labute approximate surface area is 115 Å². The van der Waals surface area contributed by atoms with Gasteiger partial charge >= 0.3 is 0 Å². The predicted octanol–water partition coefficient (Wildman–Crippen LogP) is 4.62. The summed E-state index contributed by atoms with van der Waals surface area (Å²) >= 11 is 12.2. The number of nitrogens with zero attached hydrogens (tertiary/aromatic N) is 2. The van der Waals surface area contributed by atoms with Crippen molar-refractivity contribution in [2.45, 2.75) is 6.92 Å². The molecule has 0 aliphatic rings. The van der Waals surface area contributed by atoms with Crippen LogP contribution in [0.25, 0.3) is 16.9 Å². The number of hydrogen-bond acceptors (Lipinski definition) is 1. The van der Waals surface area contributed by atoms with Gasteiger partial charge in [-0.25, -0.2) is 4.98 Å². The molecular weight excluding hydrogens is 267 g/mol. The Morgan fingerprint density at radius 2 is 1.89 bits per heavy atom. The first-order valence-electron chi connectivity index (χ1n) is 5.55. The van der Waals surface area contributed by atoms with Gasteiger partial charge in [0, 0.05) is 18.0 Å². The van der Waals surface area contributed by atoms with Gasteiger partial charge in [-0.2, -0.15) is 0 Å². The lowest BCUT2D eigenvalue weighted by Gasteiger charge is -2.01. The van der Waals surface area contributed by atoms with Crippen molar-refractivity contribution < 1.29 is 0 Å². The monoisotopic (exact) mass is 276 g/mol. The molecule has 2 nitrogen and oxygen atoms in total. The number of fused-ring (bicyclic) bond motifs is 1. The molecule has 4 heteroatoms. The maximum atomic E-state index is 6.21. The number of imidazole rings is 1. The molecule has 3 rings (SSSR count). The third-order valence-electron chi connectivity index (χ3n) is 2.83. The fourth-order valence-electron chi connectivity index (χ4n) is 1.93. The number of pyridine rings is 1. The molecule has 18 heavy (non-hydrogen) atoms. The fraction of sp³-hybridized carbons (Fsp3) is 0.0714. The van der Waals surface area contributed by atoms with Crippen molar-refractivity contribution in [3.05, 3.63) is 58.3 Å². The topological polar surface area (TPSA) is 17.3 Å². The smallest absolute Gasteiger partial charge is 0.137 e. The maximum Gasteiger partial charge on any atom is 0.137 e. The molecule has 0 aliphatic heterocycles. The van der Waals surface area contributed by atoms with Crippen LogP contribution in [0.1, 0.15) is 5.56 Å². The molecule has 0 bridgehead atoms. The Kier molecular flexibility index (Phi) is 2.77. The van der Waals surface area contributed by atoms with Crippen molar-refractivity contribution >= 4 is 28.8 Å². The van der Waals surface area contributed by atoms with E-state index in [9.17, 15) is 0 Å². The summed E-state index contributed by atoms with van der Waals surface area (Å²) in [6.07, 6.45) is 3.99. The quantitative estimate of drug-likeness (QED) is 0.634. The zero-order valence-electron chi connectivity index (χ0n) is 9.69. The molecule has 90 valence electrons. The number of rotatable bonds is 1. The Morgan fingerprint density at radius 3 is 2.72 bits per heavy atom. The number of benzene rings is 1. The van der Waals surface area contributed by atoms with Crippen LogP contribution in [-0.4, -0.2) is 9.38 Å². The Hall–Kier alpha value is -1.51. The van der Waals surface area contributed by atoms with Gasteiger partial charge in [-0.1, -0.05) is 41.4 Å². The minimum absolute atomic E-state index is 0.541. The van der Waals surface area contributed by atoms with E-state index in [2.05, 4.69) is 4.98 Å². The summed E-state index contributed by atoms with van der Waals surface area (Å²) in [5.74, 6) is 0. The largest absolute Gasteiger partial charge is 0.306 e. The van der Waals surface area contributed by atoms with Gasteiger partial charge in [-0.15, -0.1) is 0 Å². The van der Waals surface area contributed by atoms with Gasteiger partial charge in [0.25, 0.3) is 0 Å². The molecule has 2 aromatic heterocycles. The third kappa shape index (κ3) is 1.88. The lowest BCUT2D eigenvalue weighted by atomic mass is 10.2. The molecule has 0 amide bonds. The zero-order valence-corrected chi connectivity index (χ0v) is 11.2. The molecule has 0 fully saturated rings. The van der Waals surface area contributed by atoms with Crippen LogP contribution in [0.2, 0.25) is 10.0 Å². The molecule has 0 spiro atoms. The third-order valence-corrected chi connectivity index (χ3v) is 3.65. The molecule has 1 aromatic carbocycles. The van der Waals surface area contributed by atoms with Gasteiger partial charge < -0.3 is 4.40 Å². The summed E-state index contributed by atoms with van der Waals surface area (Å²) in [5, 5.41) is 1.08. The van der Waals surface area contributed by atoms with E-state index in [-0.39, 0.29) is 0 Å². The van der Waals surface area contributed by atoms with Crippen LogP contribution < -0.4 is 0 Å². The molecule has 0 unspecified atom stereocenters. The van der Waals surface area contributed by atoms with Crippen LogP contribution in [0, 0.1) is 6.92 Å². The van der Waals surface area contributed by atoms with E-state index in [0.717, 1.165) is 16.9 Å². The van der Waals surface area contributed by atoms with Gasteiger partial charge in [0.2, 0.25) is 0 Å². The van der Waals surface area contributed by atoms with Crippen LogP contribution in [0.15, 0.2) is 42.7 Å². The highest BCUT2D eigenvalue weighted by atomic mass is 35.5. The maximum absolute atomic E-state index is 6.21. The Morgan fingerprint density at radius 1 is 1.06 bits per heavy atom. The van der Waals surface area contributed by atoms with Crippen LogP contribution >= 0.6 is 23.2 Å². The van der Waals surface area contributed by atoms with Gasteiger partial charge in [0.1, 0.15) is 5.65 Å². The Balaban J connectivity index is 2.22. The lowest BCUT2D eigenvalue weighted by Crippen LogP contribution is -1.82.